The van der Waals surface area contributed by atoms with E-state index in [-0.39, 0.29) is 13.3 Å². The lowest BCUT2D eigenvalue weighted by Crippen LogP contribution is -2.43. The van der Waals surface area contributed by atoms with Crippen LogP contribution in [-0.2, 0) is 22.8 Å². The van der Waals surface area contributed by atoms with Crippen LogP contribution in [0, 0.1) is 5.92 Å². The highest BCUT2D eigenvalue weighted by Gasteiger charge is 2.52. The Morgan fingerprint density at radius 3 is 2.57 bits per heavy atom. The lowest BCUT2D eigenvalue weighted by atomic mass is 9.86. The zero-order valence-electron chi connectivity index (χ0n) is 16.0. The molecule has 0 aliphatic carbocycles. The molecule has 152 valence electrons. The van der Waals surface area contributed by atoms with E-state index in [0.717, 1.165) is 14.7 Å². The van der Waals surface area contributed by atoms with Crippen molar-refractivity contribution in [2.45, 2.75) is 51.5 Å². The first-order valence-corrected chi connectivity index (χ1v) is 9.29. The van der Waals surface area contributed by atoms with Gasteiger partial charge in [-0.15, -0.1) is 0 Å². The van der Waals surface area contributed by atoms with E-state index in [1.54, 1.807) is 13.8 Å². The third kappa shape index (κ3) is 3.67. The molecule has 8 heteroatoms. The SMILES string of the molecule is CC[C@@]1(CF)O[C@@H](n2ccc(=O)n(COCc3ccccc3)c2=O)[C@H](O)[C@@H]1C. The van der Waals surface area contributed by atoms with Gasteiger partial charge in [0.2, 0.25) is 0 Å². The maximum Gasteiger partial charge on any atom is 0.335 e. The summed E-state index contributed by atoms with van der Waals surface area (Å²) in [6, 6.07) is 10.6. The first-order chi connectivity index (χ1) is 13.4. The van der Waals surface area contributed by atoms with Crippen molar-refractivity contribution in [3.05, 3.63) is 69.0 Å². The molecule has 0 amide bonds. The van der Waals surface area contributed by atoms with Crippen LogP contribution in [0.25, 0.3) is 0 Å². The molecule has 1 aliphatic rings. The van der Waals surface area contributed by atoms with Gasteiger partial charge in [0.25, 0.3) is 5.56 Å². The summed E-state index contributed by atoms with van der Waals surface area (Å²) < 4.78 is 27.0. The second kappa shape index (κ2) is 8.38. The maximum atomic E-state index is 13.6. The Morgan fingerprint density at radius 1 is 1.25 bits per heavy atom. The highest BCUT2D eigenvalue weighted by molar-refractivity contribution is 5.13. The lowest BCUT2D eigenvalue weighted by Gasteiger charge is -2.28. The van der Waals surface area contributed by atoms with Crippen LogP contribution in [0.1, 0.15) is 32.1 Å². The molecular weight excluding hydrogens is 367 g/mol. The summed E-state index contributed by atoms with van der Waals surface area (Å²) >= 11 is 0. The van der Waals surface area contributed by atoms with Gasteiger partial charge >= 0.3 is 5.69 Å². The number of rotatable bonds is 7. The molecule has 1 aromatic carbocycles. The minimum absolute atomic E-state index is 0.238. The molecule has 2 aromatic rings. The molecule has 2 heterocycles. The smallest absolute Gasteiger partial charge is 0.335 e. The van der Waals surface area contributed by atoms with Gasteiger partial charge in [-0.25, -0.2) is 13.8 Å². The van der Waals surface area contributed by atoms with Gasteiger partial charge in [-0.3, -0.25) is 9.36 Å². The lowest BCUT2D eigenvalue weighted by molar-refractivity contribution is -0.107. The molecule has 1 aromatic heterocycles. The molecule has 4 atom stereocenters. The minimum Gasteiger partial charge on any atom is -0.388 e. The largest absolute Gasteiger partial charge is 0.388 e. The minimum atomic E-state index is -1.16. The van der Waals surface area contributed by atoms with Gasteiger partial charge in [-0.1, -0.05) is 44.2 Å². The normalized spacial score (nSPS) is 27.2. The fourth-order valence-corrected chi connectivity index (χ4v) is 3.52. The summed E-state index contributed by atoms with van der Waals surface area (Å²) in [5, 5.41) is 10.5. The van der Waals surface area contributed by atoms with Gasteiger partial charge in [-0.2, -0.15) is 0 Å². The molecule has 0 radical (unpaired) electrons. The number of aliphatic hydroxyl groups excluding tert-OH is 1. The molecular formula is C20H25FN2O5. The quantitative estimate of drug-likeness (QED) is 0.777. The van der Waals surface area contributed by atoms with Crippen molar-refractivity contribution in [3.8, 4) is 0 Å². The molecule has 0 saturated carbocycles. The van der Waals surface area contributed by atoms with E-state index in [0.29, 0.717) is 6.42 Å². The van der Waals surface area contributed by atoms with Crippen molar-refractivity contribution in [2.75, 3.05) is 6.67 Å². The summed E-state index contributed by atoms with van der Waals surface area (Å²) in [6.45, 7) is 2.69. The number of hydrogen-bond donors (Lipinski definition) is 1. The highest BCUT2D eigenvalue weighted by atomic mass is 19.1. The van der Waals surface area contributed by atoms with Gasteiger partial charge in [0.15, 0.2) is 6.23 Å². The van der Waals surface area contributed by atoms with E-state index < -0.39 is 41.8 Å². The predicted octanol–water partition coefficient (Wildman–Crippen LogP) is 1.83. The summed E-state index contributed by atoms with van der Waals surface area (Å²) in [6.07, 6.45) is -0.529. The second-order valence-electron chi connectivity index (χ2n) is 7.07. The first kappa shape index (κ1) is 20.4. The molecule has 3 rings (SSSR count). The Hall–Kier alpha value is -2.29. The molecule has 0 unspecified atom stereocenters. The van der Waals surface area contributed by atoms with Crippen molar-refractivity contribution in [3.63, 3.8) is 0 Å². The monoisotopic (exact) mass is 392 g/mol. The summed E-state index contributed by atoms with van der Waals surface area (Å²) in [5.74, 6) is -0.505. The van der Waals surface area contributed by atoms with Gasteiger partial charge < -0.3 is 14.6 Å². The summed E-state index contributed by atoms with van der Waals surface area (Å²) in [4.78, 5) is 25.0. The average Bonchev–Trinajstić information content (AvgIpc) is 2.97. The number of halogens is 1. The van der Waals surface area contributed by atoms with Crippen molar-refractivity contribution >= 4 is 0 Å². The standard InChI is InChI=1S/C20H25FN2O5/c1-3-20(12-21)14(2)17(25)18(28-20)22-10-9-16(24)23(19(22)26)13-27-11-15-7-5-4-6-8-15/h4-10,14,17-18,25H,3,11-13H2,1-2H3/t14-,17+,18+,20-/m0/s1. The Morgan fingerprint density at radius 2 is 1.96 bits per heavy atom. The molecule has 7 nitrogen and oxygen atoms in total. The molecule has 1 fully saturated rings. The first-order valence-electron chi connectivity index (χ1n) is 9.29. The van der Waals surface area contributed by atoms with E-state index >= 15 is 0 Å². The molecule has 0 spiro atoms. The van der Waals surface area contributed by atoms with Crippen LogP contribution in [0.15, 0.2) is 52.2 Å². The number of benzene rings is 1. The molecule has 0 bridgehead atoms. The van der Waals surface area contributed by atoms with Crippen molar-refractivity contribution < 1.29 is 19.0 Å². The fraction of sp³-hybridized carbons (Fsp3) is 0.500. The van der Waals surface area contributed by atoms with Gasteiger partial charge in [-0.05, 0) is 12.0 Å². The average molecular weight is 392 g/mol. The third-order valence-corrected chi connectivity index (χ3v) is 5.52. The van der Waals surface area contributed by atoms with E-state index in [9.17, 15) is 19.1 Å². The van der Waals surface area contributed by atoms with Crippen LogP contribution >= 0.6 is 0 Å². The Bertz CT molecular complexity index is 907. The van der Waals surface area contributed by atoms with Gasteiger partial charge in [0.05, 0.1) is 6.61 Å². The molecule has 1 aliphatic heterocycles. The highest BCUT2D eigenvalue weighted by Crippen LogP contribution is 2.43. The number of aliphatic hydroxyl groups is 1. The summed E-state index contributed by atoms with van der Waals surface area (Å²) in [7, 11) is 0. The van der Waals surface area contributed by atoms with Crippen LogP contribution in [0.2, 0.25) is 0 Å². The van der Waals surface area contributed by atoms with Crippen molar-refractivity contribution in [1.29, 1.82) is 0 Å². The zero-order chi connectivity index (χ0) is 20.3. The van der Waals surface area contributed by atoms with Crippen LogP contribution < -0.4 is 11.2 Å². The van der Waals surface area contributed by atoms with E-state index in [4.69, 9.17) is 9.47 Å². The van der Waals surface area contributed by atoms with Crippen LogP contribution in [0.5, 0.6) is 0 Å². The Labute approximate surface area is 162 Å². The van der Waals surface area contributed by atoms with Gasteiger partial charge in [0.1, 0.15) is 25.1 Å². The predicted molar refractivity (Wildman–Crippen MR) is 100 cm³/mol. The van der Waals surface area contributed by atoms with E-state index in [1.807, 2.05) is 30.3 Å². The number of ether oxygens (including phenoxy) is 2. The zero-order valence-corrected chi connectivity index (χ0v) is 16.0. The molecule has 28 heavy (non-hydrogen) atoms. The molecule has 1 saturated heterocycles. The Balaban J connectivity index is 1.83. The Kier molecular flexibility index (Phi) is 6.12. The van der Waals surface area contributed by atoms with E-state index in [2.05, 4.69) is 0 Å². The topological polar surface area (TPSA) is 82.7 Å². The number of aromatic nitrogens is 2. The number of hydrogen-bond acceptors (Lipinski definition) is 5. The van der Waals surface area contributed by atoms with Crippen molar-refractivity contribution in [2.24, 2.45) is 5.92 Å². The van der Waals surface area contributed by atoms with Gasteiger partial charge in [0, 0.05) is 18.2 Å². The number of alkyl halides is 1. The fourth-order valence-electron chi connectivity index (χ4n) is 3.52. The van der Waals surface area contributed by atoms with E-state index in [1.165, 1.54) is 12.3 Å². The van der Waals surface area contributed by atoms with Crippen LogP contribution in [0.4, 0.5) is 4.39 Å². The van der Waals surface area contributed by atoms with Crippen molar-refractivity contribution in [1.82, 2.24) is 9.13 Å². The van der Waals surface area contributed by atoms with Crippen LogP contribution in [-0.4, -0.2) is 32.6 Å². The second-order valence-corrected chi connectivity index (χ2v) is 7.07. The maximum absolute atomic E-state index is 13.6. The number of nitrogens with zero attached hydrogens (tertiary/aromatic N) is 2. The van der Waals surface area contributed by atoms with Crippen LogP contribution in [0.3, 0.4) is 0 Å². The third-order valence-electron chi connectivity index (χ3n) is 5.52. The molecule has 1 N–H and O–H groups in total. The summed E-state index contributed by atoms with van der Waals surface area (Å²) in [5.41, 5.74) is -1.45.